The van der Waals surface area contributed by atoms with Gasteiger partial charge in [0, 0.05) is 38.1 Å². The molecule has 0 spiro atoms. The number of hydrogen-bond donors (Lipinski definition) is 3. The van der Waals surface area contributed by atoms with Gasteiger partial charge in [0.1, 0.15) is 0 Å². The molecule has 1 aliphatic rings. The van der Waals surface area contributed by atoms with Gasteiger partial charge >= 0.3 is 0 Å². The number of carbonyl (C=O) groups excluding carboxylic acids is 1. The van der Waals surface area contributed by atoms with Gasteiger partial charge in [0.15, 0.2) is 11.9 Å². The Labute approximate surface area is 168 Å². The Kier molecular flexibility index (Phi) is 5.39. The Morgan fingerprint density at radius 2 is 2.14 bits per heavy atom. The summed E-state index contributed by atoms with van der Waals surface area (Å²) < 4.78 is 3.42. The molecule has 4 bridgehead atoms. The van der Waals surface area contributed by atoms with Crippen LogP contribution in [0.2, 0.25) is 0 Å². The Balaban J connectivity index is 1.67. The zero-order valence-corrected chi connectivity index (χ0v) is 16.1. The minimum atomic E-state index is -1.10. The fraction of sp³-hybridized carbons (Fsp3) is 0.300. The van der Waals surface area contributed by atoms with Crippen molar-refractivity contribution in [2.45, 2.75) is 25.6 Å². The van der Waals surface area contributed by atoms with Gasteiger partial charge in [-0.25, -0.2) is 4.98 Å². The Bertz CT molecular complexity index is 1040. The molecule has 9 nitrogen and oxygen atoms in total. The van der Waals surface area contributed by atoms with Crippen molar-refractivity contribution in [1.82, 2.24) is 29.9 Å². The molecule has 0 aromatic carbocycles. The lowest BCUT2D eigenvalue weighted by molar-refractivity contribution is 0.0953. The smallest absolute Gasteiger partial charge is 0.274 e. The van der Waals surface area contributed by atoms with E-state index >= 15 is 0 Å². The molecular weight excluding hydrogens is 370 g/mol. The highest BCUT2D eigenvalue weighted by Crippen LogP contribution is 2.22. The number of carbonyl (C=O) groups is 1. The van der Waals surface area contributed by atoms with Crippen LogP contribution in [0.15, 0.2) is 48.9 Å². The van der Waals surface area contributed by atoms with Gasteiger partial charge in [0.2, 0.25) is 0 Å². The third-order valence-electron chi connectivity index (χ3n) is 4.62. The molecule has 3 aromatic heterocycles. The minimum Gasteiger partial charge on any atom is -0.368 e. The van der Waals surface area contributed by atoms with Crippen LogP contribution in [0.4, 0.5) is 5.69 Å². The van der Waals surface area contributed by atoms with Gasteiger partial charge in [-0.1, -0.05) is 18.2 Å². The van der Waals surface area contributed by atoms with Crippen LogP contribution in [0.5, 0.6) is 0 Å². The summed E-state index contributed by atoms with van der Waals surface area (Å²) in [5.74, 6) is -0.310. The summed E-state index contributed by atoms with van der Waals surface area (Å²) in [6.45, 7) is 1.20. The normalized spacial score (nSPS) is 18.7. The maximum absolute atomic E-state index is 12.5. The van der Waals surface area contributed by atoms with Crippen LogP contribution >= 0.6 is 0 Å². The van der Waals surface area contributed by atoms with Crippen LogP contribution in [-0.2, 0) is 13.6 Å². The van der Waals surface area contributed by atoms with E-state index in [0.717, 1.165) is 30.6 Å². The van der Waals surface area contributed by atoms with Crippen molar-refractivity contribution in [3.8, 4) is 11.3 Å². The van der Waals surface area contributed by atoms with Crippen LogP contribution in [0, 0.1) is 0 Å². The molecule has 0 fully saturated rings. The van der Waals surface area contributed by atoms with Gasteiger partial charge in [0.25, 0.3) is 5.91 Å². The minimum absolute atomic E-state index is 0.221. The number of aryl methyl sites for hydroxylation is 2. The van der Waals surface area contributed by atoms with Crippen molar-refractivity contribution in [1.29, 1.82) is 0 Å². The van der Waals surface area contributed by atoms with Crippen molar-refractivity contribution < 1.29 is 9.90 Å². The van der Waals surface area contributed by atoms with E-state index in [9.17, 15) is 9.90 Å². The highest BCUT2D eigenvalue weighted by Gasteiger charge is 2.19. The largest absolute Gasteiger partial charge is 0.368 e. The highest BCUT2D eigenvalue weighted by molar-refractivity contribution is 5.97. The van der Waals surface area contributed by atoms with Crippen molar-refractivity contribution in [3.05, 3.63) is 60.3 Å². The van der Waals surface area contributed by atoms with E-state index < -0.39 is 6.23 Å². The van der Waals surface area contributed by atoms with Crippen LogP contribution in [0.3, 0.4) is 0 Å². The first-order valence-corrected chi connectivity index (χ1v) is 9.51. The summed E-state index contributed by atoms with van der Waals surface area (Å²) >= 11 is 0. The van der Waals surface area contributed by atoms with E-state index in [2.05, 4.69) is 25.8 Å². The lowest BCUT2D eigenvalue weighted by atomic mass is 10.2. The molecule has 4 heterocycles. The highest BCUT2D eigenvalue weighted by atomic mass is 16.3. The lowest BCUT2D eigenvalue weighted by Gasteiger charge is -2.14. The monoisotopic (exact) mass is 393 g/mol. The summed E-state index contributed by atoms with van der Waals surface area (Å²) in [6, 6.07) is 5.44. The second kappa shape index (κ2) is 8.27. The number of rotatable bonds is 0. The van der Waals surface area contributed by atoms with Gasteiger partial charge < -0.3 is 15.7 Å². The molecule has 1 unspecified atom stereocenters. The van der Waals surface area contributed by atoms with Crippen molar-refractivity contribution in [3.63, 3.8) is 0 Å². The first-order chi connectivity index (χ1) is 14.1. The maximum atomic E-state index is 12.5. The summed E-state index contributed by atoms with van der Waals surface area (Å²) in [5.41, 5.74) is 2.70. The molecule has 0 aliphatic carbocycles. The molecule has 4 rings (SSSR count). The molecule has 0 saturated carbocycles. The summed E-state index contributed by atoms with van der Waals surface area (Å²) in [6.07, 6.45) is 10.1. The lowest BCUT2D eigenvalue weighted by Crippen LogP contribution is -2.25. The standard InChI is InChI=1S/C20H23N7O2/c1-26-13-17-18(25-26)20(29)21-9-4-2-3-5-10-27-12-14(11-22-27)15-7-6-8-16(23-15)19(28)24-17/h2,4,6-8,11-13,19,24,28H,3,5,9-10H2,1H3,(H,21,29)/b4-2-. The number of amides is 1. The predicted octanol–water partition coefficient (Wildman–Crippen LogP) is 1.86. The second-order valence-corrected chi connectivity index (χ2v) is 6.88. The zero-order valence-electron chi connectivity index (χ0n) is 16.1. The number of nitrogens with zero attached hydrogens (tertiary/aromatic N) is 5. The quantitative estimate of drug-likeness (QED) is 0.503. The molecule has 1 aliphatic heterocycles. The van der Waals surface area contributed by atoms with E-state index in [-0.39, 0.29) is 11.6 Å². The molecule has 3 N–H and O–H groups in total. The molecular formula is C20H23N7O2. The van der Waals surface area contributed by atoms with Gasteiger partial charge in [-0.15, -0.1) is 0 Å². The van der Waals surface area contributed by atoms with E-state index in [1.165, 1.54) is 4.68 Å². The topological polar surface area (TPSA) is 110 Å². The third-order valence-corrected chi connectivity index (χ3v) is 4.62. The number of hydrogen-bond acceptors (Lipinski definition) is 6. The Morgan fingerprint density at radius 3 is 3.03 bits per heavy atom. The third kappa shape index (κ3) is 4.35. The Morgan fingerprint density at radius 1 is 1.24 bits per heavy atom. The second-order valence-electron chi connectivity index (χ2n) is 6.88. The van der Waals surface area contributed by atoms with Crippen LogP contribution in [0.25, 0.3) is 11.3 Å². The van der Waals surface area contributed by atoms with Crippen LogP contribution in [0.1, 0.15) is 35.3 Å². The fourth-order valence-electron chi connectivity index (χ4n) is 3.17. The first kappa shape index (κ1) is 18.9. The number of allylic oxidation sites excluding steroid dienone is 1. The van der Waals surface area contributed by atoms with Crippen molar-refractivity contribution >= 4 is 11.6 Å². The van der Waals surface area contributed by atoms with Crippen LogP contribution < -0.4 is 10.6 Å². The van der Waals surface area contributed by atoms with E-state index in [0.29, 0.717) is 17.9 Å². The van der Waals surface area contributed by atoms with Gasteiger partial charge in [-0.05, 0) is 25.0 Å². The van der Waals surface area contributed by atoms with E-state index in [1.54, 1.807) is 25.5 Å². The first-order valence-electron chi connectivity index (χ1n) is 9.51. The van der Waals surface area contributed by atoms with Gasteiger partial charge in [0.05, 0.1) is 23.3 Å². The molecule has 0 saturated heterocycles. The maximum Gasteiger partial charge on any atom is 0.274 e. The van der Waals surface area contributed by atoms with Gasteiger partial charge in [-0.3, -0.25) is 14.2 Å². The summed E-state index contributed by atoms with van der Waals surface area (Å²) in [5, 5.41) is 25.0. The van der Waals surface area contributed by atoms with Crippen LogP contribution in [-0.4, -0.2) is 42.1 Å². The number of aliphatic hydroxyl groups is 1. The van der Waals surface area contributed by atoms with Crippen molar-refractivity contribution in [2.75, 3.05) is 11.9 Å². The molecule has 1 amide bonds. The number of aliphatic hydroxyl groups excluding tert-OH is 1. The molecule has 1 atom stereocenters. The van der Waals surface area contributed by atoms with E-state index in [1.807, 2.05) is 35.2 Å². The molecule has 3 aromatic rings. The van der Waals surface area contributed by atoms with Gasteiger partial charge in [-0.2, -0.15) is 10.2 Å². The molecule has 29 heavy (non-hydrogen) atoms. The number of pyridine rings is 1. The molecule has 0 radical (unpaired) electrons. The average Bonchev–Trinajstić information content (AvgIpc) is 3.33. The summed E-state index contributed by atoms with van der Waals surface area (Å²) in [7, 11) is 1.72. The average molecular weight is 393 g/mol. The Hall–Kier alpha value is -3.46. The fourth-order valence-corrected chi connectivity index (χ4v) is 3.17. The zero-order chi connectivity index (χ0) is 20.2. The molecule has 150 valence electrons. The van der Waals surface area contributed by atoms with E-state index in [4.69, 9.17) is 0 Å². The number of fused-ring (bicyclic) bond motifs is 6. The summed E-state index contributed by atoms with van der Waals surface area (Å²) in [4.78, 5) is 17.1. The molecule has 9 heteroatoms. The predicted molar refractivity (Wildman–Crippen MR) is 108 cm³/mol. The number of aromatic nitrogens is 5. The number of anilines is 1. The SMILES string of the molecule is Cn1cc2c(n1)C(=O)NC/C=C\CCCn1cc(cn1)-c1cccc(n1)C(O)N2. The van der Waals surface area contributed by atoms with Crippen molar-refractivity contribution in [2.24, 2.45) is 7.05 Å². The number of nitrogens with one attached hydrogen (secondary N) is 2.